The standard InChI is InChI=1S/C21H22ClI2N5O2/c1-31-19-13(9-12(23)10-14(19)24)21(30)29-17(7-4-8-26-18(25)11-22)20-27-15-5-2-3-6-16(15)28-20/h2-3,5-6,9-10,17H,4,7-8,11H2,1H3,(H2,25,26)(H,27,28)(H,29,30)/t17-/m0/s1. The number of aromatic nitrogens is 2. The molecule has 0 aliphatic carbocycles. The van der Waals surface area contributed by atoms with Crippen LogP contribution in [-0.4, -0.2) is 41.2 Å². The highest BCUT2D eigenvalue weighted by Crippen LogP contribution is 2.29. The lowest BCUT2D eigenvalue weighted by atomic mass is 10.1. The average Bonchev–Trinajstić information content (AvgIpc) is 3.19. The van der Waals surface area contributed by atoms with Crippen LogP contribution in [0, 0.1) is 7.14 Å². The van der Waals surface area contributed by atoms with Gasteiger partial charge in [-0.2, -0.15) is 0 Å². The fraction of sp³-hybridized carbons (Fsp3) is 0.286. The number of rotatable bonds is 9. The summed E-state index contributed by atoms with van der Waals surface area (Å²) in [5, 5.41) is 3.12. The fourth-order valence-corrected chi connectivity index (χ4v) is 5.30. The largest absolute Gasteiger partial charge is 0.495 e. The molecule has 0 aliphatic rings. The summed E-state index contributed by atoms with van der Waals surface area (Å²) in [7, 11) is 1.57. The normalized spacial score (nSPS) is 12.7. The molecule has 0 saturated heterocycles. The van der Waals surface area contributed by atoms with Crippen molar-refractivity contribution in [2.75, 3.05) is 19.5 Å². The van der Waals surface area contributed by atoms with E-state index in [-0.39, 0.29) is 17.8 Å². The number of aliphatic imine (C=N–C) groups is 1. The first kappa shape index (κ1) is 24.1. The molecular weight excluding hydrogens is 644 g/mol. The lowest BCUT2D eigenvalue weighted by Gasteiger charge is -2.18. The molecule has 1 atom stereocenters. The number of amides is 1. The highest BCUT2D eigenvalue weighted by Gasteiger charge is 2.22. The maximum atomic E-state index is 13.2. The summed E-state index contributed by atoms with van der Waals surface area (Å²) < 4.78 is 7.32. The molecule has 0 fully saturated rings. The van der Waals surface area contributed by atoms with E-state index in [1.54, 1.807) is 7.11 Å². The molecule has 31 heavy (non-hydrogen) atoms. The monoisotopic (exact) mass is 665 g/mol. The van der Waals surface area contributed by atoms with Crippen molar-refractivity contribution in [1.29, 1.82) is 0 Å². The molecule has 1 amide bonds. The molecule has 0 spiro atoms. The van der Waals surface area contributed by atoms with Crippen LogP contribution in [0.2, 0.25) is 0 Å². The predicted octanol–water partition coefficient (Wildman–Crippen LogP) is 4.63. The molecule has 1 heterocycles. The summed E-state index contributed by atoms with van der Waals surface area (Å²) in [4.78, 5) is 25.5. The van der Waals surface area contributed by atoms with E-state index >= 15 is 0 Å². The first-order valence-electron chi connectivity index (χ1n) is 9.56. The fourth-order valence-electron chi connectivity index (χ4n) is 3.15. The minimum absolute atomic E-state index is 0.203. The number of hydrogen-bond acceptors (Lipinski definition) is 4. The van der Waals surface area contributed by atoms with E-state index in [4.69, 9.17) is 22.1 Å². The lowest BCUT2D eigenvalue weighted by molar-refractivity contribution is 0.0929. The summed E-state index contributed by atoms with van der Waals surface area (Å²) in [6.45, 7) is 0.523. The SMILES string of the molecule is COc1c(I)cc(I)cc1C(=O)N[C@@H](CCCN=C(N)CCl)c1nc2ccccc2[nH]1. The third-order valence-electron chi connectivity index (χ3n) is 4.60. The number of carbonyl (C=O) groups is 1. The van der Waals surface area contributed by atoms with Crippen molar-refractivity contribution in [3.8, 4) is 5.75 Å². The van der Waals surface area contributed by atoms with Gasteiger partial charge in [0, 0.05) is 10.1 Å². The minimum atomic E-state index is -0.326. The second-order valence-corrected chi connectivity index (χ2v) is 9.46. The van der Waals surface area contributed by atoms with Crippen LogP contribution in [0.4, 0.5) is 0 Å². The molecule has 2 aromatic carbocycles. The van der Waals surface area contributed by atoms with Gasteiger partial charge in [-0.3, -0.25) is 9.79 Å². The highest BCUT2D eigenvalue weighted by atomic mass is 127. The number of alkyl halides is 1. The zero-order valence-electron chi connectivity index (χ0n) is 16.8. The average molecular weight is 666 g/mol. The number of nitrogens with one attached hydrogen (secondary N) is 2. The Morgan fingerprint density at radius 2 is 2.13 bits per heavy atom. The molecule has 0 saturated carbocycles. The summed E-state index contributed by atoms with van der Waals surface area (Å²) in [6, 6.07) is 11.2. The second kappa shape index (κ2) is 11.3. The first-order chi connectivity index (χ1) is 14.9. The van der Waals surface area contributed by atoms with Crippen LogP contribution in [0.3, 0.4) is 0 Å². The van der Waals surface area contributed by atoms with Crippen LogP contribution in [0.25, 0.3) is 11.0 Å². The molecule has 0 unspecified atom stereocenters. The van der Waals surface area contributed by atoms with Gasteiger partial charge in [0.2, 0.25) is 0 Å². The number of methoxy groups -OCH3 is 1. The summed E-state index contributed by atoms with van der Waals surface area (Å²) >= 11 is 10.0. The topological polar surface area (TPSA) is 105 Å². The number of para-hydroxylation sites is 2. The Kier molecular flexibility index (Phi) is 8.78. The van der Waals surface area contributed by atoms with Gasteiger partial charge >= 0.3 is 0 Å². The third kappa shape index (κ3) is 6.22. The van der Waals surface area contributed by atoms with Gasteiger partial charge in [0.05, 0.1) is 39.2 Å². The maximum absolute atomic E-state index is 13.2. The van der Waals surface area contributed by atoms with Gasteiger partial charge in [-0.1, -0.05) is 12.1 Å². The Labute approximate surface area is 212 Å². The number of halogens is 3. The number of fused-ring (bicyclic) bond motifs is 1. The molecule has 3 aromatic rings. The van der Waals surface area contributed by atoms with Crippen molar-refractivity contribution in [1.82, 2.24) is 15.3 Å². The van der Waals surface area contributed by atoms with Gasteiger partial charge in [0.15, 0.2) is 0 Å². The molecule has 0 aliphatic heterocycles. The number of imidazole rings is 1. The van der Waals surface area contributed by atoms with E-state index in [0.717, 1.165) is 18.2 Å². The zero-order chi connectivity index (χ0) is 22.4. The third-order valence-corrected chi connectivity index (χ3v) is 6.30. The number of carbonyl (C=O) groups excluding carboxylic acids is 1. The summed E-state index contributed by atoms with van der Waals surface area (Å²) in [5.41, 5.74) is 7.94. The Hall–Kier alpha value is -1.60. The first-order valence-corrected chi connectivity index (χ1v) is 12.3. The Morgan fingerprint density at radius 1 is 1.35 bits per heavy atom. The Morgan fingerprint density at radius 3 is 2.84 bits per heavy atom. The molecule has 1 aromatic heterocycles. The van der Waals surface area contributed by atoms with Crippen LogP contribution in [-0.2, 0) is 0 Å². The van der Waals surface area contributed by atoms with Crippen molar-refractivity contribution in [3.63, 3.8) is 0 Å². The lowest BCUT2D eigenvalue weighted by Crippen LogP contribution is -2.30. The minimum Gasteiger partial charge on any atom is -0.495 e. The van der Waals surface area contributed by atoms with Crippen molar-refractivity contribution < 1.29 is 9.53 Å². The van der Waals surface area contributed by atoms with E-state index in [1.165, 1.54) is 0 Å². The van der Waals surface area contributed by atoms with Crippen LogP contribution in [0.15, 0.2) is 41.4 Å². The van der Waals surface area contributed by atoms with Crippen molar-refractivity contribution in [2.45, 2.75) is 18.9 Å². The van der Waals surface area contributed by atoms with Crippen LogP contribution >= 0.6 is 56.8 Å². The number of hydrogen-bond donors (Lipinski definition) is 3. The second-order valence-electron chi connectivity index (χ2n) is 6.78. The molecule has 4 N–H and O–H groups in total. The van der Waals surface area contributed by atoms with Crippen LogP contribution in [0.5, 0.6) is 5.75 Å². The maximum Gasteiger partial charge on any atom is 0.255 e. The zero-order valence-corrected chi connectivity index (χ0v) is 21.9. The van der Waals surface area contributed by atoms with Gasteiger partial charge in [0.25, 0.3) is 5.91 Å². The van der Waals surface area contributed by atoms with Crippen molar-refractivity contribution in [3.05, 3.63) is 54.9 Å². The number of nitrogens with two attached hydrogens (primary N) is 1. The van der Waals surface area contributed by atoms with Gasteiger partial charge in [-0.25, -0.2) is 4.98 Å². The van der Waals surface area contributed by atoms with E-state index in [2.05, 4.69) is 65.5 Å². The van der Waals surface area contributed by atoms with Crippen LogP contribution in [0.1, 0.15) is 35.1 Å². The van der Waals surface area contributed by atoms with E-state index in [0.29, 0.717) is 42.4 Å². The van der Waals surface area contributed by atoms with E-state index < -0.39 is 0 Å². The number of amidine groups is 1. The molecule has 0 bridgehead atoms. The highest BCUT2D eigenvalue weighted by molar-refractivity contribution is 14.1. The smallest absolute Gasteiger partial charge is 0.255 e. The van der Waals surface area contributed by atoms with Crippen LogP contribution < -0.4 is 15.8 Å². The van der Waals surface area contributed by atoms with Gasteiger partial charge in [-0.15, -0.1) is 11.6 Å². The van der Waals surface area contributed by atoms with Crippen molar-refractivity contribution in [2.24, 2.45) is 10.7 Å². The Balaban J connectivity index is 1.86. The summed E-state index contributed by atoms with van der Waals surface area (Å²) in [6.07, 6.45) is 1.34. The number of ether oxygens (including phenoxy) is 1. The number of benzene rings is 2. The van der Waals surface area contributed by atoms with Gasteiger partial charge in [-0.05, 0) is 82.3 Å². The van der Waals surface area contributed by atoms with Crippen molar-refractivity contribution >= 4 is 79.6 Å². The van der Waals surface area contributed by atoms with E-state index in [1.807, 2.05) is 36.4 Å². The number of nitrogens with zero attached hydrogens (tertiary/aromatic N) is 2. The number of H-pyrrole nitrogens is 1. The van der Waals surface area contributed by atoms with E-state index in [9.17, 15) is 4.79 Å². The molecule has 164 valence electrons. The molecule has 0 radical (unpaired) electrons. The van der Waals surface area contributed by atoms with Gasteiger partial charge in [0.1, 0.15) is 17.4 Å². The molecule has 3 rings (SSSR count). The van der Waals surface area contributed by atoms with Gasteiger partial charge < -0.3 is 20.8 Å². The predicted molar refractivity (Wildman–Crippen MR) is 141 cm³/mol. The Bertz CT molecular complexity index is 1070. The summed E-state index contributed by atoms with van der Waals surface area (Å²) in [5.74, 6) is 1.64. The molecular formula is C21H22ClI2N5O2. The molecule has 10 heteroatoms. The number of aromatic amines is 1. The molecule has 7 nitrogen and oxygen atoms in total. The quantitative estimate of drug-likeness (QED) is 0.102.